The summed E-state index contributed by atoms with van der Waals surface area (Å²) in [6.45, 7) is 9.11. The second-order valence-electron chi connectivity index (χ2n) is 3.82. The third kappa shape index (κ3) is 1.80. The van der Waals surface area contributed by atoms with Crippen LogP contribution in [0.1, 0.15) is 47.0 Å². The van der Waals surface area contributed by atoms with Crippen LogP contribution in [0, 0.1) is 5.92 Å². The summed E-state index contributed by atoms with van der Waals surface area (Å²) in [5, 5.41) is 0. The molecule has 0 nitrogen and oxygen atoms in total. The van der Waals surface area contributed by atoms with Gasteiger partial charge in [-0.3, -0.25) is 0 Å². The van der Waals surface area contributed by atoms with Gasteiger partial charge in [-0.25, -0.2) is 0 Å². The summed E-state index contributed by atoms with van der Waals surface area (Å²) < 4.78 is 0. The third-order valence-corrected chi connectivity index (χ3v) is 2.98. The van der Waals surface area contributed by atoms with E-state index in [-0.39, 0.29) is 0 Å². The minimum atomic E-state index is 0.786. The molecule has 0 amide bonds. The normalized spacial score (nSPS) is 24.3. The van der Waals surface area contributed by atoms with Crippen molar-refractivity contribution in [3.63, 3.8) is 0 Å². The summed E-state index contributed by atoms with van der Waals surface area (Å²) in [4.78, 5) is 0. The average molecular weight is 164 g/mol. The Labute approximate surface area is 76.4 Å². The summed E-state index contributed by atoms with van der Waals surface area (Å²) >= 11 is 0. The summed E-state index contributed by atoms with van der Waals surface area (Å²) in [6, 6.07) is 0. The Morgan fingerprint density at radius 3 is 2.50 bits per heavy atom. The van der Waals surface area contributed by atoms with Crippen LogP contribution < -0.4 is 0 Å². The van der Waals surface area contributed by atoms with Crippen molar-refractivity contribution in [2.45, 2.75) is 47.0 Å². The Hall–Kier alpha value is -0.520. The Kier molecular flexibility index (Phi) is 3.13. The zero-order valence-corrected chi connectivity index (χ0v) is 8.78. The highest BCUT2D eigenvalue weighted by atomic mass is 14.2. The van der Waals surface area contributed by atoms with Crippen molar-refractivity contribution in [1.82, 2.24) is 0 Å². The van der Waals surface area contributed by atoms with Gasteiger partial charge in [0.1, 0.15) is 0 Å². The van der Waals surface area contributed by atoms with E-state index in [1.165, 1.54) is 24.8 Å². The van der Waals surface area contributed by atoms with Gasteiger partial charge in [-0.1, -0.05) is 43.6 Å². The predicted molar refractivity (Wildman–Crippen MR) is 55.1 cm³/mol. The van der Waals surface area contributed by atoms with Crippen LogP contribution in [-0.4, -0.2) is 0 Å². The molecule has 0 saturated carbocycles. The van der Waals surface area contributed by atoms with Crippen LogP contribution in [0.2, 0.25) is 0 Å². The third-order valence-electron chi connectivity index (χ3n) is 2.98. The zero-order valence-electron chi connectivity index (χ0n) is 8.78. The Morgan fingerprint density at radius 2 is 2.00 bits per heavy atom. The van der Waals surface area contributed by atoms with Crippen molar-refractivity contribution in [2.24, 2.45) is 5.92 Å². The highest BCUT2D eigenvalue weighted by Crippen LogP contribution is 2.31. The molecule has 1 aliphatic carbocycles. The fraction of sp³-hybridized carbons (Fsp3) is 0.667. The highest BCUT2D eigenvalue weighted by Gasteiger charge is 2.15. The van der Waals surface area contributed by atoms with Crippen LogP contribution >= 0.6 is 0 Å². The summed E-state index contributed by atoms with van der Waals surface area (Å²) in [5.74, 6) is 0.786. The Bertz CT molecular complexity index is 218. The molecule has 0 fully saturated rings. The molecule has 0 heterocycles. The topological polar surface area (TPSA) is 0 Å². The number of hydrogen-bond donors (Lipinski definition) is 0. The highest BCUT2D eigenvalue weighted by molar-refractivity contribution is 5.33. The van der Waals surface area contributed by atoms with E-state index in [0.29, 0.717) is 0 Å². The first-order chi connectivity index (χ1) is 5.69. The standard InChI is InChI=1S/C12H20/c1-5-11-7-10(4)12(6-2)8-9(11)3/h7,9H,5-6,8H2,1-4H3. The van der Waals surface area contributed by atoms with E-state index >= 15 is 0 Å². The molecule has 0 aromatic rings. The molecule has 1 unspecified atom stereocenters. The molecule has 1 aliphatic rings. The molecule has 1 atom stereocenters. The number of allylic oxidation sites excluding steroid dienone is 4. The van der Waals surface area contributed by atoms with Gasteiger partial charge in [0.25, 0.3) is 0 Å². The van der Waals surface area contributed by atoms with E-state index in [2.05, 4.69) is 33.8 Å². The van der Waals surface area contributed by atoms with E-state index in [1.807, 2.05) is 0 Å². The van der Waals surface area contributed by atoms with Crippen LogP contribution in [0.5, 0.6) is 0 Å². The van der Waals surface area contributed by atoms with Gasteiger partial charge in [-0.05, 0) is 32.1 Å². The fourth-order valence-electron chi connectivity index (χ4n) is 2.06. The average Bonchev–Trinajstić information content (AvgIpc) is 2.08. The van der Waals surface area contributed by atoms with Crippen LogP contribution in [0.4, 0.5) is 0 Å². The van der Waals surface area contributed by atoms with Gasteiger partial charge in [0.15, 0.2) is 0 Å². The van der Waals surface area contributed by atoms with Gasteiger partial charge < -0.3 is 0 Å². The van der Waals surface area contributed by atoms with Crippen molar-refractivity contribution in [3.05, 3.63) is 22.8 Å². The maximum absolute atomic E-state index is 2.40. The molecule has 68 valence electrons. The van der Waals surface area contributed by atoms with Crippen LogP contribution in [0.15, 0.2) is 22.8 Å². The molecule has 0 spiro atoms. The maximum Gasteiger partial charge on any atom is -0.0191 e. The summed E-state index contributed by atoms with van der Waals surface area (Å²) in [7, 11) is 0. The van der Waals surface area contributed by atoms with Crippen molar-refractivity contribution >= 4 is 0 Å². The van der Waals surface area contributed by atoms with Crippen molar-refractivity contribution in [3.8, 4) is 0 Å². The molecule has 0 N–H and O–H groups in total. The first-order valence-corrected chi connectivity index (χ1v) is 5.08. The molecule has 0 aromatic carbocycles. The first-order valence-electron chi connectivity index (χ1n) is 5.08. The second kappa shape index (κ2) is 3.93. The smallest absolute Gasteiger partial charge is 0.0191 e. The van der Waals surface area contributed by atoms with Gasteiger partial charge in [0.05, 0.1) is 0 Å². The lowest BCUT2D eigenvalue weighted by molar-refractivity contribution is 0.620. The van der Waals surface area contributed by atoms with E-state index in [4.69, 9.17) is 0 Å². The van der Waals surface area contributed by atoms with Crippen molar-refractivity contribution in [2.75, 3.05) is 0 Å². The lowest BCUT2D eigenvalue weighted by atomic mass is 9.83. The summed E-state index contributed by atoms with van der Waals surface area (Å²) in [5.41, 5.74) is 4.80. The monoisotopic (exact) mass is 164 g/mol. The lowest BCUT2D eigenvalue weighted by Crippen LogP contribution is -2.06. The van der Waals surface area contributed by atoms with Crippen molar-refractivity contribution in [1.29, 1.82) is 0 Å². The number of hydrogen-bond acceptors (Lipinski definition) is 0. The summed E-state index contributed by atoms with van der Waals surface area (Å²) in [6.07, 6.45) is 6.13. The molecule has 1 rings (SSSR count). The van der Waals surface area contributed by atoms with Gasteiger partial charge in [-0.2, -0.15) is 0 Å². The van der Waals surface area contributed by atoms with Gasteiger partial charge >= 0.3 is 0 Å². The van der Waals surface area contributed by atoms with Crippen LogP contribution in [0.25, 0.3) is 0 Å². The first kappa shape index (κ1) is 9.57. The van der Waals surface area contributed by atoms with E-state index in [9.17, 15) is 0 Å². The van der Waals surface area contributed by atoms with Crippen LogP contribution in [-0.2, 0) is 0 Å². The SMILES string of the molecule is CCC1=CC(C)=C(CC)CC1C. The zero-order chi connectivity index (χ0) is 9.14. The molecular weight excluding hydrogens is 144 g/mol. The minimum absolute atomic E-state index is 0.786. The molecule has 0 radical (unpaired) electrons. The molecule has 12 heavy (non-hydrogen) atoms. The second-order valence-corrected chi connectivity index (χ2v) is 3.82. The van der Waals surface area contributed by atoms with Gasteiger partial charge in [0.2, 0.25) is 0 Å². The number of rotatable bonds is 2. The molecule has 0 aliphatic heterocycles. The van der Waals surface area contributed by atoms with E-state index < -0.39 is 0 Å². The van der Waals surface area contributed by atoms with E-state index in [0.717, 1.165) is 5.92 Å². The lowest BCUT2D eigenvalue weighted by Gasteiger charge is -2.23. The maximum atomic E-state index is 2.40. The fourth-order valence-corrected chi connectivity index (χ4v) is 2.06. The van der Waals surface area contributed by atoms with Gasteiger partial charge in [-0.15, -0.1) is 0 Å². The van der Waals surface area contributed by atoms with Crippen molar-refractivity contribution < 1.29 is 0 Å². The van der Waals surface area contributed by atoms with Crippen LogP contribution in [0.3, 0.4) is 0 Å². The Balaban J connectivity index is 2.87. The molecule has 0 heteroatoms. The Morgan fingerprint density at radius 1 is 1.33 bits per heavy atom. The predicted octanol–water partition coefficient (Wildman–Crippen LogP) is 4.09. The van der Waals surface area contributed by atoms with Gasteiger partial charge in [0, 0.05) is 0 Å². The minimum Gasteiger partial charge on any atom is -0.0671 e. The molecule has 0 saturated heterocycles. The van der Waals surface area contributed by atoms with E-state index in [1.54, 1.807) is 11.1 Å². The molecule has 0 aromatic heterocycles. The largest absolute Gasteiger partial charge is 0.0671 e. The molecular formula is C12H20. The molecule has 0 bridgehead atoms. The quantitative estimate of drug-likeness (QED) is 0.576.